The quantitative estimate of drug-likeness (QED) is 0.566. The van der Waals surface area contributed by atoms with Gasteiger partial charge >= 0.3 is 0 Å². The number of nitrogens with zero attached hydrogens (tertiary/aromatic N) is 2. The summed E-state index contributed by atoms with van der Waals surface area (Å²) in [6, 6.07) is 13.3. The maximum Gasteiger partial charge on any atom is 0.244 e. The van der Waals surface area contributed by atoms with Gasteiger partial charge in [0.25, 0.3) is 0 Å². The van der Waals surface area contributed by atoms with Gasteiger partial charge < -0.3 is 10.2 Å². The molecule has 2 rings (SSSR count). The number of sulfonamides is 1. The van der Waals surface area contributed by atoms with Crippen LogP contribution < -0.4 is 9.62 Å². The Kier molecular flexibility index (Phi) is 9.09. The van der Waals surface area contributed by atoms with E-state index in [-0.39, 0.29) is 12.5 Å². The normalized spacial score (nSPS) is 12.2. The van der Waals surface area contributed by atoms with Crippen LogP contribution in [0.25, 0.3) is 0 Å². The molecule has 1 atom stereocenters. The largest absolute Gasteiger partial charge is 0.355 e. The number of rotatable bonds is 10. The lowest BCUT2D eigenvalue weighted by Gasteiger charge is -2.32. The summed E-state index contributed by atoms with van der Waals surface area (Å²) in [5, 5.41) is 3.18. The molecule has 32 heavy (non-hydrogen) atoms. The fourth-order valence-electron chi connectivity index (χ4n) is 3.36. The van der Waals surface area contributed by atoms with Crippen LogP contribution in [-0.4, -0.2) is 50.5 Å². The number of hydrogen-bond donors (Lipinski definition) is 1. The van der Waals surface area contributed by atoms with Crippen LogP contribution in [0.4, 0.5) is 5.69 Å². The van der Waals surface area contributed by atoms with E-state index >= 15 is 0 Å². The van der Waals surface area contributed by atoms with Crippen molar-refractivity contribution < 1.29 is 18.0 Å². The lowest BCUT2D eigenvalue weighted by atomic mass is 10.1. The SMILES string of the molecule is CCNC(=O)[C@H](C)N(Cc1ccccc1Cl)C(=O)CN(c1ccccc1CC)S(C)(=O)=O. The number of amides is 2. The average Bonchev–Trinajstić information content (AvgIpc) is 2.75. The number of aryl methyl sites for hydroxylation is 1. The number of likely N-dealkylation sites (N-methyl/N-ethyl adjacent to an activating group) is 1. The molecule has 0 saturated carbocycles. The van der Waals surface area contributed by atoms with E-state index in [9.17, 15) is 18.0 Å². The summed E-state index contributed by atoms with van der Waals surface area (Å²) >= 11 is 6.29. The van der Waals surface area contributed by atoms with E-state index < -0.39 is 28.5 Å². The zero-order chi connectivity index (χ0) is 23.9. The first-order chi connectivity index (χ1) is 15.1. The number of carbonyl (C=O) groups excluding carboxylic acids is 2. The molecule has 2 aromatic rings. The number of carbonyl (C=O) groups is 2. The third-order valence-corrected chi connectivity index (χ3v) is 6.63. The molecular formula is C23H30ClN3O4S. The first-order valence-corrected chi connectivity index (χ1v) is 12.7. The molecule has 0 aliphatic carbocycles. The highest BCUT2D eigenvalue weighted by Gasteiger charge is 2.30. The lowest BCUT2D eigenvalue weighted by Crippen LogP contribution is -2.51. The van der Waals surface area contributed by atoms with E-state index in [0.717, 1.165) is 16.1 Å². The molecule has 1 N–H and O–H groups in total. The molecule has 0 spiro atoms. The second-order valence-electron chi connectivity index (χ2n) is 7.44. The van der Waals surface area contributed by atoms with Crippen molar-refractivity contribution >= 4 is 39.1 Å². The second kappa shape index (κ2) is 11.3. The zero-order valence-corrected chi connectivity index (χ0v) is 20.4. The van der Waals surface area contributed by atoms with Crippen molar-refractivity contribution in [2.75, 3.05) is 23.7 Å². The first kappa shape index (κ1) is 25.7. The number of anilines is 1. The summed E-state index contributed by atoms with van der Waals surface area (Å²) in [5.41, 5.74) is 1.92. The van der Waals surface area contributed by atoms with Crippen molar-refractivity contribution in [1.82, 2.24) is 10.2 Å². The predicted molar refractivity (Wildman–Crippen MR) is 128 cm³/mol. The van der Waals surface area contributed by atoms with Crippen molar-refractivity contribution in [1.29, 1.82) is 0 Å². The van der Waals surface area contributed by atoms with Gasteiger partial charge in [0, 0.05) is 18.1 Å². The van der Waals surface area contributed by atoms with Crippen molar-refractivity contribution in [3.8, 4) is 0 Å². The van der Waals surface area contributed by atoms with Crippen LogP contribution in [0, 0.1) is 0 Å². The van der Waals surface area contributed by atoms with Crippen molar-refractivity contribution in [3.63, 3.8) is 0 Å². The Morgan fingerprint density at radius 3 is 2.19 bits per heavy atom. The van der Waals surface area contributed by atoms with Gasteiger partial charge in [0.05, 0.1) is 11.9 Å². The van der Waals surface area contributed by atoms with Gasteiger partial charge in [-0.2, -0.15) is 0 Å². The topological polar surface area (TPSA) is 86.8 Å². The van der Waals surface area contributed by atoms with Crippen molar-refractivity contribution in [2.24, 2.45) is 0 Å². The van der Waals surface area contributed by atoms with Crippen LogP contribution in [-0.2, 0) is 32.6 Å². The highest BCUT2D eigenvalue weighted by atomic mass is 35.5. The Labute approximate surface area is 195 Å². The van der Waals surface area contributed by atoms with Crippen molar-refractivity contribution in [3.05, 3.63) is 64.7 Å². The van der Waals surface area contributed by atoms with Crippen LogP contribution in [0.5, 0.6) is 0 Å². The molecule has 0 bridgehead atoms. The second-order valence-corrected chi connectivity index (χ2v) is 9.75. The predicted octanol–water partition coefficient (Wildman–Crippen LogP) is 3.22. The summed E-state index contributed by atoms with van der Waals surface area (Å²) in [6.07, 6.45) is 1.67. The molecule has 0 saturated heterocycles. The zero-order valence-electron chi connectivity index (χ0n) is 18.8. The van der Waals surface area contributed by atoms with Gasteiger partial charge in [0.15, 0.2) is 0 Å². The van der Waals surface area contributed by atoms with E-state index in [1.165, 1.54) is 4.90 Å². The summed E-state index contributed by atoms with van der Waals surface area (Å²) in [6.45, 7) is 5.38. The number of para-hydroxylation sites is 1. The number of benzene rings is 2. The molecule has 0 radical (unpaired) electrons. The number of halogens is 1. The number of nitrogens with one attached hydrogen (secondary N) is 1. The molecule has 0 unspecified atom stereocenters. The summed E-state index contributed by atoms with van der Waals surface area (Å²) in [4.78, 5) is 27.3. The van der Waals surface area contributed by atoms with Gasteiger partial charge in [0.2, 0.25) is 21.8 Å². The van der Waals surface area contributed by atoms with Gasteiger partial charge in [0.1, 0.15) is 12.6 Å². The molecule has 9 heteroatoms. The highest BCUT2D eigenvalue weighted by molar-refractivity contribution is 7.92. The van der Waals surface area contributed by atoms with Crippen LogP contribution in [0.3, 0.4) is 0 Å². The van der Waals surface area contributed by atoms with E-state index in [1.54, 1.807) is 50.2 Å². The molecule has 7 nitrogen and oxygen atoms in total. The molecular weight excluding hydrogens is 450 g/mol. The number of hydrogen-bond acceptors (Lipinski definition) is 4. The van der Waals surface area contributed by atoms with E-state index in [1.807, 2.05) is 19.1 Å². The fourth-order valence-corrected chi connectivity index (χ4v) is 4.44. The van der Waals surface area contributed by atoms with E-state index in [0.29, 0.717) is 29.2 Å². The maximum atomic E-state index is 13.4. The lowest BCUT2D eigenvalue weighted by molar-refractivity contribution is -0.139. The molecule has 0 aromatic heterocycles. The molecule has 2 amide bonds. The van der Waals surface area contributed by atoms with Crippen LogP contribution in [0.2, 0.25) is 5.02 Å². The Morgan fingerprint density at radius 1 is 1.03 bits per heavy atom. The minimum absolute atomic E-state index is 0.0732. The third-order valence-electron chi connectivity index (χ3n) is 5.14. The highest BCUT2D eigenvalue weighted by Crippen LogP contribution is 2.24. The van der Waals surface area contributed by atoms with Crippen LogP contribution >= 0.6 is 11.6 Å². The Morgan fingerprint density at radius 2 is 1.62 bits per heavy atom. The summed E-state index contributed by atoms with van der Waals surface area (Å²) in [5.74, 6) is -0.826. The van der Waals surface area contributed by atoms with Gasteiger partial charge in [-0.25, -0.2) is 8.42 Å². The molecule has 0 aliphatic heterocycles. The Balaban J connectivity index is 2.44. The smallest absolute Gasteiger partial charge is 0.244 e. The van der Waals surface area contributed by atoms with E-state index in [2.05, 4.69) is 5.32 Å². The molecule has 174 valence electrons. The van der Waals surface area contributed by atoms with Crippen molar-refractivity contribution in [2.45, 2.75) is 39.8 Å². The van der Waals surface area contributed by atoms with E-state index in [4.69, 9.17) is 11.6 Å². The summed E-state index contributed by atoms with van der Waals surface area (Å²) in [7, 11) is -3.76. The average molecular weight is 480 g/mol. The molecule has 0 aliphatic rings. The standard InChI is InChI=1S/C23H30ClN3O4S/c1-5-18-11-8-10-14-21(18)27(32(4,30)31)16-22(28)26(17(3)23(29)25-6-2)15-19-12-7-9-13-20(19)24/h7-14,17H,5-6,15-16H2,1-4H3,(H,25,29)/t17-/m0/s1. The van der Waals surface area contributed by atoms with Crippen LogP contribution in [0.15, 0.2) is 48.5 Å². The third kappa shape index (κ3) is 6.46. The minimum atomic E-state index is -3.76. The monoisotopic (exact) mass is 479 g/mol. The van der Waals surface area contributed by atoms with Crippen LogP contribution in [0.1, 0.15) is 31.9 Å². The summed E-state index contributed by atoms with van der Waals surface area (Å²) < 4.78 is 26.4. The maximum absolute atomic E-state index is 13.4. The van der Waals surface area contributed by atoms with Gasteiger partial charge in [-0.15, -0.1) is 0 Å². The molecule has 0 heterocycles. The molecule has 2 aromatic carbocycles. The Hall–Kier alpha value is -2.58. The molecule has 0 fully saturated rings. The van der Waals surface area contributed by atoms with Gasteiger partial charge in [-0.3, -0.25) is 13.9 Å². The minimum Gasteiger partial charge on any atom is -0.355 e. The van der Waals surface area contributed by atoms with Gasteiger partial charge in [-0.05, 0) is 43.5 Å². The first-order valence-electron chi connectivity index (χ1n) is 10.5. The fraction of sp³-hybridized carbons (Fsp3) is 0.391. The Bertz CT molecular complexity index is 1060. The van der Waals surface area contributed by atoms with Gasteiger partial charge in [-0.1, -0.05) is 54.9 Å².